The highest BCUT2D eigenvalue weighted by atomic mass is 16.5. The van der Waals surface area contributed by atoms with Crippen molar-refractivity contribution in [1.29, 1.82) is 0 Å². The standard InChI is InChI=1S/C22H26N4O3/c1-27-18-5-6-20(21(12-18)28-2)22-16(13-24-25-22)15-26-10-7-17(8-11-26)29-19-4-3-9-23-14-19/h3-6,9,12-14,17H,7-8,10-11,15H2,1-2H3,(H,24,25). The summed E-state index contributed by atoms with van der Waals surface area (Å²) in [6.07, 6.45) is 7.65. The van der Waals surface area contributed by atoms with Gasteiger partial charge in [0.1, 0.15) is 23.4 Å². The minimum Gasteiger partial charge on any atom is -0.497 e. The lowest BCUT2D eigenvalue weighted by Gasteiger charge is -2.32. The molecule has 29 heavy (non-hydrogen) atoms. The fraction of sp³-hybridized carbons (Fsp3) is 0.364. The molecule has 3 aromatic rings. The van der Waals surface area contributed by atoms with Crippen LogP contribution in [0.5, 0.6) is 17.2 Å². The molecule has 4 rings (SSSR count). The second-order valence-corrected chi connectivity index (χ2v) is 7.12. The molecule has 1 aliphatic rings. The predicted molar refractivity (Wildman–Crippen MR) is 110 cm³/mol. The number of pyridine rings is 1. The number of hydrogen-bond donors (Lipinski definition) is 1. The maximum atomic E-state index is 6.05. The van der Waals surface area contributed by atoms with E-state index >= 15 is 0 Å². The summed E-state index contributed by atoms with van der Waals surface area (Å²) in [4.78, 5) is 6.55. The maximum Gasteiger partial charge on any atom is 0.137 e. The Morgan fingerprint density at radius 1 is 1.07 bits per heavy atom. The van der Waals surface area contributed by atoms with Crippen LogP contribution in [0.2, 0.25) is 0 Å². The molecule has 1 fully saturated rings. The third-order valence-corrected chi connectivity index (χ3v) is 5.26. The molecule has 1 N–H and O–H groups in total. The quantitative estimate of drug-likeness (QED) is 0.661. The van der Waals surface area contributed by atoms with Crippen molar-refractivity contribution in [2.24, 2.45) is 0 Å². The van der Waals surface area contributed by atoms with Crippen molar-refractivity contribution in [3.8, 4) is 28.5 Å². The third-order valence-electron chi connectivity index (χ3n) is 5.26. The second kappa shape index (κ2) is 8.96. The summed E-state index contributed by atoms with van der Waals surface area (Å²) >= 11 is 0. The first-order valence-corrected chi connectivity index (χ1v) is 9.80. The van der Waals surface area contributed by atoms with Crippen LogP contribution >= 0.6 is 0 Å². The molecule has 0 radical (unpaired) electrons. The van der Waals surface area contributed by atoms with Gasteiger partial charge in [-0.15, -0.1) is 0 Å². The molecule has 7 nitrogen and oxygen atoms in total. The molecule has 152 valence electrons. The van der Waals surface area contributed by atoms with Crippen LogP contribution in [0.1, 0.15) is 18.4 Å². The topological polar surface area (TPSA) is 72.5 Å². The number of hydrogen-bond acceptors (Lipinski definition) is 6. The Morgan fingerprint density at radius 3 is 2.66 bits per heavy atom. The summed E-state index contributed by atoms with van der Waals surface area (Å²) in [6.45, 7) is 2.80. The van der Waals surface area contributed by atoms with Gasteiger partial charge in [-0.3, -0.25) is 15.0 Å². The van der Waals surface area contributed by atoms with Crippen molar-refractivity contribution >= 4 is 0 Å². The van der Waals surface area contributed by atoms with Gasteiger partial charge in [0, 0.05) is 43.0 Å². The summed E-state index contributed by atoms with van der Waals surface area (Å²) in [5, 5.41) is 7.42. The van der Waals surface area contributed by atoms with Crippen LogP contribution in [0.15, 0.2) is 48.9 Å². The van der Waals surface area contributed by atoms with Gasteiger partial charge in [0.25, 0.3) is 0 Å². The maximum absolute atomic E-state index is 6.05. The number of aromatic amines is 1. The van der Waals surface area contributed by atoms with Crippen molar-refractivity contribution in [2.45, 2.75) is 25.5 Å². The average molecular weight is 394 g/mol. The number of piperidine rings is 1. The molecule has 3 heterocycles. The molecule has 0 aliphatic carbocycles. The zero-order chi connectivity index (χ0) is 20.1. The van der Waals surface area contributed by atoms with Gasteiger partial charge < -0.3 is 14.2 Å². The first-order valence-electron chi connectivity index (χ1n) is 9.80. The molecule has 0 atom stereocenters. The Kier molecular flexibility index (Phi) is 5.95. The molecule has 0 amide bonds. The number of nitrogens with zero attached hydrogens (tertiary/aromatic N) is 3. The van der Waals surface area contributed by atoms with Gasteiger partial charge in [-0.1, -0.05) is 0 Å². The van der Waals surface area contributed by atoms with Crippen molar-refractivity contribution in [2.75, 3.05) is 27.3 Å². The second-order valence-electron chi connectivity index (χ2n) is 7.12. The highest BCUT2D eigenvalue weighted by molar-refractivity contribution is 5.71. The number of rotatable bonds is 7. The Labute approximate surface area is 170 Å². The van der Waals surface area contributed by atoms with Crippen molar-refractivity contribution in [3.63, 3.8) is 0 Å². The van der Waals surface area contributed by atoms with E-state index in [1.165, 1.54) is 0 Å². The Balaban J connectivity index is 1.40. The van der Waals surface area contributed by atoms with Gasteiger partial charge in [0.15, 0.2) is 0 Å². The first kappa shape index (κ1) is 19.3. The molecule has 1 aromatic carbocycles. The van der Waals surface area contributed by atoms with Gasteiger partial charge in [-0.2, -0.15) is 5.10 Å². The summed E-state index contributed by atoms with van der Waals surface area (Å²) in [7, 11) is 3.32. The number of H-pyrrole nitrogens is 1. The van der Waals surface area contributed by atoms with Crippen LogP contribution in [0.3, 0.4) is 0 Å². The molecular formula is C22H26N4O3. The Morgan fingerprint density at radius 2 is 1.93 bits per heavy atom. The van der Waals surface area contributed by atoms with Crippen LogP contribution < -0.4 is 14.2 Å². The van der Waals surface area contributed by atoms with E-state index in [4.69, 9.17) is 14.2 Å². The highest BCUT2D eigenvalue weighted by Gasteiger charge is 2.22. The van der Waals surface area contributed by atoms with Gasteiger partial charge >= 0.3 is 0 Å². The molecule has 0 saturated carbocycles. The summed E-state index contributed by atoms with van der Waals surface area (Å²) in [5.41, 5.74) is 3.12. The van der Waals surface area contributed by atoms with E-state index in [1.54, 1.807) is 26.6 Å². The first-order chi connectivity index (χ1) is 14.3. The average Bonchev–Trinajstić information content (AvgIpc) is 3.23. The number of benzene rings is 1. The molecule has 0 bridgehead atoms. The minimum absolute atomic E-state index is 0.237. The van der Waals surface area contributed by atoms with Gasteiger partial charge in [-0.05, 0) is 37.1 Å². The minimum atomic E-state index is 0.237. The fourth-order valence-electron chi connectivity index (χ4n) is 3.70. The van der Waals surface area contributed by atoms with Gasteiger partial charge in [0.2, 0.25) is 0 Å². The fourth-order valence-corrected chi connectivity index (χ4v) is 3.70. The van der Waals surface area contributed by atoms with Crippen LogP contribution in [0, 0.1) is 0 Å². The van der Waals surface area contributed by atoms with E-state index in [1.807, 2.05) is 36.5 Å². The highest BCUT2D eigenvalue weighted by Crippen LogP contribution is 2.34. The summed E-state index contributed by atoms with van der Waals surface area (Å²) in [5.74, 6) is 2.37. The lowest BCUT2D eigenvalue weighted by atomic mass is 10.0. The zero-order valence-corrected chi connectivity index (χ0v) is 16.8. The van der Waals surface area contributed by atoms with Crippen molar-refractivity contribution in [1.82, 2.24) is 20.1 Å². The lowest BCUT2D eigenvalue weighted by Crippen LogP contribution is -2.37. The SMILES string of the molecule is COc1ccc(-c2[nH]ncc2CN2CCC(Oc3cccnc3)CC2)c(OC)c1. The van der Waals surface area contributed by atoms with Crippen molar-refractivity contribution in [3.05, 3.63) is 54.5 Å². The molecule has 1 saturated heterocycles. The van der Waals surface area contributed by atoms with E-state index in [2.05, 4.69) is 20.1 Å². The monoisotopic (exact) mass is 394 g/mol. The van der Waals surface area contributed by atoms with E-state index in [9.17, 15) is 0 Å². The molecular weight excluding hydrogens is 368 g/mol. The van der Waals surface area contributed by atoms with Crippen LogP contribution in [-0.2, 0) is 6.54 Å². The lowest BCUT2D eigenvalue weighted by molar-refractivity contribution is 0.0966. The van der Waals surface area contributed by atoms with E-state index < -0.39 is 0 Å². The molecule has 0 spiro atoms. The van der Waals surface area contributed by atoms with Crippen molar-refractivity contribution < 1.29 is 14.2 Å². The molecule has 0 unspecified atom stereocenters. The Hall–Kier alpha value is -3.06. The smallest absolute Gasteiger partial charge is 0.137 e. The number of ether oxygens (including phenoxy) is 3. The third kappa shape index (κ3) is 4.51. The number of methoxy groups -OCH3 is 2. The molecule has 2 aromatic heterocycles. The van der Waals surface area contributed by atoms with Gasteiger partial charge in [-0.25, -0.2) is 0 Å². The zero-order valence-electron chi connectivity index (χ0n) is 16.8. The summed E-state index contributed by atoms with van der Waals surface area (Å²) in [6, 6.07) is 9.69. The normalized spacial score (nSPS) is 15.2. The number of nitrogens with one attached hydrogen (secondary N) is 1. The van der Waals surface area contributed by atoms with Crippen LogP contribution in [-0.4, -0.2) is 53.5 Å². The van der Waals surface area contributed by atoms with E-state index in [0.717, 1.165) is 66.5 Å². The largest absolute Gasteiger partial charge is 0.497 e. The molecule has 1 aliphatic heterocycles. The van der Waals surface area contributed by atoms with Crippen LogP contribution in [0.4, 0.5) is 0 Å². The number of likely N-dealkylation sites (tertiary alicyclic amines) is 1. The molecule has 7 heteroatoms. The summed E-state index contributed by atoms with van der Waals surface area (Å²) < 4.78 is 16.9. The van der Waals surface area contributed by atoms with E-state index in [-0.39, 0.29) is 6.10 Å². The predicted octanol–water partition coefficient (Wildman–Crippen LogP) is 3.53. The number of aromatic nitrogens is 3. The van der Waals surface area contributed by atoms with Gasteiger partial charge in [0.05, 0.1) is 32.3 Å². The van der Waals surface area contributed by atoms with E-state index in [0.29, 0.717) is 0 Å². The van der Waals surface area contributed by atoms with Crippen LogP contribution in [0.25, 0.3) is 11.3 Å². The Bertz CT molecular complexity index is 921.